The molecule has 0 heterocycles. The van der Waals surface area contributed by atoms with Gasteiger partial charge in [0.25, 0.3) is 0 Å². The van der Waals surface area contributed by atoms with E-state index in [0.29, 0.717) is 11.7 Å². The summed E-state index contributed by atoms with van der Waals surface area (Å²) in [6, 6.07) is 4.57. The molecular formula is C27H48O. The van der Waals surface area contributed by atoms with E-state index in [0.717, 1.165) is 30.4 Å². The standard InChI is InChI=1S/C27H48O/c1-9-11-12-13-14-15-16-17-21-18-22(20-23(10-2)26(3,4)5)25(28)24(19-21)27(6,7)8/h18-19,23,28H,9-17,20H2,1-8H3. The topological polar surface area (TPSA) is 20.2 Å². The predicted molar refractivity (Wildman–Crippen MR) is 125 cm³/mol. The van der Waals surface area contributed by atoms with Crippen LogP contribution in [-0.4, -0.2) is 5.11 Å². The van der Waals surface area contributed by atoms with Crippen LogP contribution in [0, 0.1) is 11.3 Å². The zero-order chi connectivity index (χ0) is 21.4. The zero-order valence-corrected chi connectivity index (χ0v) is 20.3. The Morgan fingerprint density at radius 2 is 1.39 bits per heavy atom. The van der Waals surface area contributed by atoms with Crippen LogP contribution in [0.3, 0.4) is 0 Å². The second-order valence-electron chi connectivity index (χ2n) is 10.9. The van der Waals surface area contributed by atoms with Gasteiger partial charge in [0, 0.05) is 0 Å². The number of phenolic OH excluding ortho intramolecular Hbond substituents is 1. The van der Waals surface area contributed by atoms with E-state index in [-0.39, 0.29) is 10.8 Å². The van der Waals surface area contributed by atoms with Gasteiger partial charge in [0.15, 0.2) is 0 Å². The molecule has 0 aliphatic carbocycles. The number of hydrogen-bond donors (Lipinski definition) is 1. The fourth-order valence-corrected chi connectivity index (χ4v) is 4.25. The molecule has 0 spiro atoms. The molecule has 0 fully saturated rings. The molecule has 1 heteroatoms. The number of unbranched alkanes of at least 4 members (excludes halogenated alkanes) is 6. The highest BCUT2D eigenvalue weighted by Gasteiger charge is 2.27. The van der Waals surface area contributed by atoms with Crippen molar-refractivity contribution in [3.05, 3.63) is 28.8 Å². The molecule has 1 aromatic rings. The fourth-order valence-electron chi connectivity index (χ4n) is 4.25. The largest absolute Gasteiger partial charge is 0.507 e. The number of benzene rings is 1. The van der Waals surface area contributed by atoms with Gasteiger partial charge in [-0.25, -0.2) is 0 Å². The maximum Gasteiger partial charge on any atom is 0.122 e. The molecule has 1 atom stereocenters. The summed E-state index contributed by atoms with van der Waals surface area (Å²) in [5.41, 5.74) is 3.92. The molecule has 0 saturated carbocycles. The second kappa shape index (κ2) is 11.3. The summed E-state index contributed by atoms with van der Waals surface area (Å²) in [5.74, 6) is 1.12. The Bertz CT molecular complexity index is 571. The van der Waals surface area contributed by atoms with Gasteiger partial charge in [0.05, 0.1) is 0 Å². The highest BCUT2D eigenvalue weighted by atomic mass is 16.3. The van der Waals surface area contributed by atoms with Crippen molar-refractivity contribution in [1.29, 1.82) is 0 Å². The van der Waals surface area contributed by atoms with Crippen molar-refractivity contribution in [2.45, 2.75) is 125 Å². The summed E-state index contributed by atoms with van der Waals surface area (Å²) in [4.78, 5) is 0. The monoisotopic (exact) mass is 388 g/mol. The van der Waals surface area contributed by atoms with E-state index in [2.05, 4.69) is 67.5 Å². The van der Waals surface area contributed by atoms with E-state index < -0.39 is 0 Å². The van der Waals surface area contributed by atoms with Gasteiger partial charge in [-0.05, 0) is 52.7 Å². The van der Waals surface area contributed by atoms with Crippen LogP contribution in [0.25, 0.3) is 0 Å². The third-order valence-electron chi connectivity index (χ3n) is 6.31. The average Bonchev–Trinajstić information content (AvgIpc) is 2.58. The van der Waals surface area contributed by atoms with E-state index in [4.69, 9.17) is 0 Å². The summed E-state index contributed by atoms with van der Waals surface area (Å²) in [5, 5.41) is 11.1. The molecule has 1 unspecified atom stereocenters. The van der Waals surface area contributed by atoms with E-state index in [1.165, 1.54) is 50.5 Å². The first kappa shape index (κ1) is 25.1. The molecule has 1 N–H and O–H groups in total. The maximum atomic E-state index is 11.1. The average molecular weight is 389 g/mol. The molecule has 1 rings (SSSR count). The lowest BCUT2D eigenvalue weighted by atomic mass is 9.74. The van der Waals surface area contributed by atoms with Gasteiger partial charge in [0.2, 0.25) is 0 Å². The summed E-state index contributed by atoms with van der Waals surface area (Å²) >= 11 is 0. The lowest BCUT2D eigenvalue weighted by molar-refractivity contribution is 0.229. The fraction of sp³-hybridized carbons (Fsp3) is 0.778. The predicted octanol–water partition coefficient (Wildman–Crippen LogP) is 8.60. The molecule has 1 aromatic carbocycles. The van der Waals surface area contributed by atoms with Crippen LogP contribution in [0.2, 0.25) is 0 Å². The van der Waals surface area contributed by atoms with Crippen molar-refractivity contribution >= 4 is 0 Å². The van der Waals surface area contributed by atoms with Gasteiger partial charge in [0.1, 0.15) is 5.75 Å². The highest BCUT2D eigenvalue weighted by molar-refractivity contribution is 5.47. The number of hydrogen-bond acceptors (Lipinski definition) is 1. The molecule has 0 radical (unpaired) electrons. The lowest BCUT2D eigenvalue weighted by Gasteiger charge is -2.31. The van der Waals surface area contributed by atoms with Gasteiger partial charge >= 0.3 is 0 Å². The van der Waals surface area contributed by atoms with Crippen molar-refractivity contribution in [3.8, 4) is 5.75 Å². The SMILES string of the molecule is CCCCCCCCCc1cc(CC(CC)C(C)(C)C)c(O)c(C(C)(C)C)c1. The molecule has 0 amide bonds. The van der Waals surface area contributed by atoms with Crippen LogP contribution >= 0.6 is 0 Å². The smallest absolute Gasteiger partial charge is 0.122 e. The lowest BCUT2D eigenvalue weighted by Crippen LogP contribution is -2.22. The van der Waals surface area contributed by atoms with Crippen LogP contribution < -0.4 is 0 Å². The summed E-state index contributed by atoms with van der Waals surface area (Å²) in [6.45, 7) is 18.2. The minimum absolute atomic E-state index is 0.0293. The molecule has 0 bridgehead atoms. The van der Waals surface area contributed by atoms with Gasteiger partial charge in [-0.1, -0.05) is 112 Å². The third-order valence-corrected chi connectivity index (χ3v) is 6.31. The van der Waals surface area contributed by atoms with E-state index in [9.17, 15) is 5.11 Å². The number of phenols is 1. The first-order valence-electron chi connectivity index (χ1n) is 11.9. The Labute approximate surface area is 176 Å². The van der Waals surface area contributed by atoms with Crippen molar-refractivity contribution in [2.75, 3.05) is 0 Å². The number of aryl methyl sites for hydroxylation is 1. The quantitative estimate of drug-likeness (QED) is 0.376. The van der Waals surface area contributed by atoms with Gasteiger partial charge < -0.3 is 5.11 Å². The number of rotatable bonds is 11. The maximum absolute atomic E-state index is 11.1. The van der Waals surface area contributed by atoms with Gasteiger partial charge in [-0.2, -0.15) is 0 Å². The van der Waals surface area contributed by atoms with Crippen molar-refractivity contribution in [1.82, 2.24) is 0 Å². The van der Waals surface area contributed by atoms with Crippen molar-refractivity contribution < 1.29 is 5.11 Å². The normalized spacial score (nSPS) is 13.7. The Kier molecular flexibility index (Phi) is 10.1. The molecule has 162 valence electrons. The van der Waals surface area contributed by atoms with Crippen LogP contribution in [0.5, 0.6) is 5.75 Å². The Balaban J connectivity index is 2.93. The molecule has 0 aliphatic heterocycles. The van der Waals surface area contributed by atoms with E-state index in [1.807, 2.05) is 0 Å². The first-order chi connectivity index (χ1) is 13.0. The van der Waals surface area contributed by atoms with Crippen LogP contribution in [0.4, 0.5) is 0 Å². The minimum Gasteiger partial charge on any atom is -0.507 e. The Hall–Kier alpha value is -0.980. The van der Waals surface area contributed by atoms with Crippen LogP contribution in [0.15, 0.2) is 12.1 Å². The van der Waals surface area contributed by atoms with Gasteiger partial charge in [-0.3, -0.25) is 0 Å². The minimum atomic E-state index is -0.0293. The third kappa shape index (κ3) is 8.18. The zero-order valence-electron chi connectivity index (χ0n) is 20.3. The first-order valence-corrected chi connectivity index (χ1v) is 11.9. The summed E-state index contributed by atoms with van der Waals surface area (Å²) in [7, 11) is 0. The highest BCUT2D eigenvalue weighted by Crippen LogP contribution is 2.39. The molecular weight excluding hydrogens is 340 g/mol. The second-order valence-corrected chi connectivity index (χ2v) is 10.9. The summed E-state index contributed by atoms with van der Waals surface area (Å²) in [6.07, 6.45) is 12.7. The molecule has 0 aromatic heterocycles. The molecule has 1 nitrogen and oxygen atoms in total. The summed E-state index contributed by atoms with van der Waals surface area (Å²) < 4.78 is 0. The van der Waals surface area contributed by atoms with Crippen LogP contribution in [-0.2, 0) is 18.3 Å². The molecule has 0 aliphatic rings. The molecule has 0 saturated heterocycles. The number of aromatic hydroxyl groups is 1. The van der Waals surface area contributed by atoms with E-state index >= 15 is 0 Å². The van der Waals surface area contributed by atoms with Crippen molar-refractivity contribution in [3.63, 3.8) is 0 Å². The van der Waals surface area contributed by atoms with Gasteiger partial charge in [-0.15, -0.1) is 0 Å². The molecule has 28 heavy (non-hydrogen) atoms. The Morgan fingerprint density at radius 1 is 0.821 bits per heavy atom. The van der Waals surface area contributed by atoms with Crippen molar-refractivity contribution in [2.24, 2.45) is 11.3 Å². The van der Waals surface area contributed by atoms with Crippen LogP contribution in [0.1, 0.15) is 123 Å². The Morgan fingerprint density at radius 3 is 1.89 bits per heavy atom. The van der Waals surface area contributed by atoms with E-state index in [1.54, 1.807) is 0 Å².